The first kappa shape index (κ1) is 17.0. The van der Waals surface area contributed by atoms with Gasteiger partial charge in [0.15, 0.2) is 0 Å². The fraction of sp³-hybridized carbons (Fsp3) is 0.857. The predicted octanol–water partition coefficient (Wildman–Crippen LogP) is -2.94. The highest BCUT2D eigenvalue weighted by Gasteiger charge is 2.58. The van der Waals surface area contributed by atoms with Crippen LogP contribution in [0.3, 0.4) is 0 Å². The Kier molecular flexibility index (Phi) is 5.79. The molecule has 0 aromatic rings. The number of thiol groups is 1. The summed E-state index contributed by atoms with van der Waals surface area (Å²) >= 11 is 4.24. The number of hydrogen-bond acceptors (Lipinski definition) is 4. The number of carbonyl (C=O) groups is 1. The summed E-state index contributed by atoms with van der Waals surface area (Å²) in [5, 5.41) is 18.5. The summed E-state index contributed by atoms with van der Waals surface area (Å²) < 4.78 is 0. The van der Waals surface area contributed by atoms with Gasteiger partial charge in [-0.1, -0.05) is 0 Å². The lowest BCUT2D eigenvalue weighted by Crippen LogP contribution is -2.59. The van der Waals surface area contributed by atoms with Crippen molar-refractivity contribution in [1.82, 2.24) is 4.90 Å². The van der Waals surface area contributed by atoms with Crippen LogP contribution in [0.1, 0.15) is 12.8 Å². The van der Waals surface area contributed by atoms with E-state index in [1.54, 1.807) is 4.90 Å². The van der Waals surface area contributed by atoms with Crippen LogP contribution in [0.5, 0.6) is 0 Å². The smallest absolute Gasteiger partial charge is 0.351 e. The monoisotopic (exact) mass is 243 g/mol. The summed E-state index contributed by atoms with van der Waals surface area (Å²) in [6.07, 6.45) is 1.18. The normalized spacial score (nSPS) is 37.5. The number of fused-ring (bicyclic) bond motifs is 1. The Hall–Kier alpha value is -0.380. The zero-order valence-corrected chi connectivity index (χ0v) is 8.87. The average Bonchev–Trinajstić information content (AvgIpc) is 1.97. The molecule has 2 rings (SSSR count). The molecule has 8 N–H and O–H groups in total. The van der Waals surface area contributed by atoms with Crippen molar-refractivity contribution in [3.63, 3.8) is 0 Å². The third-order valence-electron chi connectivity index (χ3n) is 2.82. The fourth-order valence-electron chi connectivity index (χ4n) is 2.02. The van der Waals surface area contributed by atoms with E-state index in [1.165, 1.54) is 0 Å². The van der Waals surface area contributed by atoms with Gasteiger partial charge in [-0.15, -0.1) is 0 Å². The van der Waals surface area contributed by atoms with Crippen molar-refractivity contribution in [2.75, 3.05) is 6.54 Å². The maximum atomic E-state index is 10.7. The SMILES string of the molecule is O.O.O.O=C(O)C1(O)CC(S)C2CCN21. The van der Waals surface area contributed by atoms with E-state index in [9.17, 15) is 9.90 Å². The zero-order chi connectivity index (χ0) is 8.93. The van der Waals surface area contributed by atoms with E-state index in [2.05, 4.69) is 12.6 Å². The summed E-state index contributed by atoms with van der Waals surface area (Å²) in [6.45, 7) is 0.671. The Morgan fingerprint density at radius 2 is 1.93 bits per heavy atom. The lowest BCUT2D eigenvalue weighted by atomic mass is 10.0. The summed E-state index contributed by atoms with van der Waals surface area (Å²) in [4.78, 5) is 12.4. The van der Waals surface area contributed by atoms with Crippen molar-refractivity contribution < 1.29 is 31.4 Å². The molecule has 0 amide bonds. The molecule has 0 bridgehead atoms. The topological polar surface area (TPSA) is 155 Å². The third kappa shape index (κ3) is 2.10. The van der Waals surface area contributed by atoms with E-state index < -0.39 is 11.7 Å². The highest BCUT2D eigenvalue weighted by atomic mass is 32.1. The molecule has 0 radical (unpaired) electrons. The highest BCUT2D eigenvalue weighted by molar-refractivity contribution is 7.81. The molecule has 2 aliphatic rings. The molecule has 3 unspecified atom stereocenters. The van der Waals surface area contributed by atoms with E-state index in [0.29, 0.717) is 6.54 Å². The van der Waals surface area contributed by atoms with Crippen molar-refractivity contribution in [3.05, 3.63) is 0 Å². The van der Waals surface area contributed by atoms with Crippen LogP contribution in [-0.4, -0.2) is 61.1 Å². The van der Waals surface area contributed by atoms with Crippen molar-refractivity contribution >= 4 is 18.6 Å². The quantitative estimate of drug-likeness (QED) is 0.421. The summed E-state index contributed by atoms with van der Waals surface area (Å²) in [5.74, 6) is -1.15. The van der Waals surface area contributed by atoms with Crippen molar-refractivity contribution in [1.29, 1.82) is 0 Å². The molecule has 2 aliphatic heterocycles. The van der Waals surface area contributed by atoms with Gasteiger partial charge in [-0.25, -0.2) is 4.79 Å². The first-order valence-electron chi connectivity index (χ1n) is 3.96. The van der Waals surface area contributed by atoms with Crippen LogP contribution in [0.4, 0.5) is 0 Å². The number of aliphatic carboxylic acids is 1. The largest absolute Gasteiger partial charge is 0.478 e. The minimum atomic E-state index is -1.64. The molecule has 2 heterocycles. The number of aliphatic hydroxyl groups is 1. The number of nitrogens with zero attached hydrogens (tertiary/aromatic N) is 1. The van der Waals surface area contributed by atoms with Gasteiger partial charge in [-0.2, -0.15) is 12.6 Å². The molecular formula is C7H17NO6S. The minimum Gasteiger partial charge on any atom is -0.478 e. The lowest BCUT2D eigenvalue weighted by Gasteiger charge is -2.41. The predicted molar refractivity (Wildman–Crippen MR) is 55.9 cm³/mol. The molecule has 7 nitrogen and oxygen atoms in total. The van der Waals surface area contributed by atoms with Crippen molar-refractivity contribution in [2.24, 2.45) is 0 Å². The molecule has 0 aromatic carbocycles. The van der Waals surface area contributed by atoms with Gasteiger partial charge in [0.2, 0.25) is 5.72 Å². The van der Waals surface area contributed by atoms with Gasteiger partial charge < -0.3 is 26.6 Å². The second kappa shape index (κ2) is 5.10. The molecule has 0 spiro atoms. The Morgan fingerprint density at radius 1 is 1.40 bits per heavy atom. The average molecular weight is 243 g/mol. The first-order valence-corrected chi connectivity index (χ1v) is 4.48. The van der Waals surface area contributed by atoms with E-state index in [1.807, 2.05) is 0 Å². The van der Waals surface area contributed by atoms with E-state index in [0.717, 1.165) is 6.42 Å². The van der Waals surface area contributed by atoms with Gasteiger partial charge in [-0.05, 0) is 6.42 Å². The van der Waals surface area contributed by atoms with Crippen LogP contribution in [-0.2, 0) is 4.79 Å². The molecule has 0 aliphatic carbocycles. The van der Waals surface area contributed by atoms with Gasteiger partial charge in [0.1, 0.15) is 0 Å². The Morgan fingerprint density at radius 3 is 2.13 bits per heavy atom. The number of carboxylic acids is 1. The van der Waals surface area contributed by atoms with E-state index >= 15 is 0 Å². The van der Waals surface area contributed by atoms with Gasteiger partial charge in [0.05, 0.1) is 0 Å². The van der Waals surface area contributed by atoms with Crippen LogP contribution < -0.4 is 0 Å². The molecule has 2 fully saturated rings. The molecule has 15 heavy (non-hydrogen) atoms. The van der Waals surface area contributed by atoms with Gasteiger partial charge >= 0.3 is 5.97 Å². The maximum absolute atomic E-state index is 10.7. The van der Waals surface area contributed by atoms with Gasteiger partial charge in [0.25, 0.3) is 0 Å². The molecule has 0 saturated carbocycles. The molecule has 92 valence electrons. The van der Waals surface area contributed by atoms with Crippen molar-refractivity contribution in [3.8, 4) is 0 Å². The minimum absolute atomic E-state index is 0. The first-order chi connectivity index (χ1) is 5.55. The highest BCUT2D eigenvalue weighted by Crippen LogP contribution is 2.42. The number of carboxylic acid groups (broad SMARTS) is 1. The number of rotatable bonds is 1. The Labute approximate surface area is 92.0 Å². The van der Waals surface area contributed by atoms with Crippen LogP contribution in [0.2, 0.25) is 0 Å². The van der Waals surface area contributed by atoms with Crippen molar-refractivity contribution in [2.45, 2.75) is 29.9 Å². The van der Waals surface area contributed by atoms with E-state index in [-0.39, 0.29) is 34.1 Å². The molecule has 2 saturated heterocycles. The Bertz CT molecular complexity index is 240. The summed E-state index contributed by atoms with van der Waals surface area (Å²) in [7, 11) is 0. The molecule has 3 atom stereocenters. The molecular weight excluding hydrogens is 226 g/mol. The summed E-state index contributed by atoms with van der Waals surface area (Å²) in [6, 6.07) is 0.162. The lowest BCUT2D eigenvalue weighted by molar-refractivity contribution is -0.186. The zero-order valence-electron chi connectivity index (χ0n) is 7.97. The maximum Gasteiger partial charge on any atom is 0.351 e. The standard InChI is InChI=1S/C7H11NO3S.3H2O/c9-6(10)7(11)3-5(12)4-1-2-8(4)7;;;/h4-5,11-12H,1-3H2,(H,9,10);3*1H2. The molecule has 8 heteroatoms. The number of hydrogen-bond donors (Lipinski definition) is 3. The van der Waals surface area contributed by atoms with Crippen LogP contribution >= 0.6 is 12.6 Å². The second-order valence-electron chi connectivity index (χ2n) is 3.44. The van der Waals surface area contributed by atoms with Crippen LogP contribution in [0.15, 0.2) is 0 Å². The Balaban J connectivity index is 0. The summed E-state index contributed by atoms with van der Waals surface area (Å²) in [5.41, 5.74) is -1.64. The van der Waals surface area contributed by atoms with E-state index in [4.69, 9.17) is 5.11 Å². The van der Waals surface area contributed by atoms with Gasteiger partial charge in [0, 0.05) is 24.3 Å². The fourth-order valence-corrected chi connectivity index (χ4v) is 2.59. The van der Waals surface area contributed by atoms with Crippen LogP contribution in [0.25, 0.3) is 0 Å². The van der Waals surface area contributed by atoms with Crippen LogP contribution in [0, 0.1) is 0 Å². The second-order valence-corrected chi connectivity index (χ2v) is 4.11. The molecule has 0 aromatic heterocycles. The van der Waals surface area contributed by atoms with Gasteiger partial charge in [-0.3, -0.25) is 4.90 Å². The third-order valence-corrected chi connectivity index (χ3v) is 3.35.